The minimum Gasteiger partial charge on any atom is -0.383 e. The van der Waals surface area contributed by atoms with Gasteiger partial charge in [0.15, 0.2) is 0 Å². The Morgan fingerprint density at radius 3 is 2.40 bits per heavy atom. The number of fused-ring (bicyclic) bond motifs is 1. The van der Waals surface area contributed by atoms with E-state index in [1.54, 1.807) is 17.8 Å². The fraction of sp³-hybridized carbons (Fsp3) is 0.0588. The highest BCUT2D eigenvalue weighted by Gasteiger charge is 2.16. The number of benzene rings is 1. The van der Waals surface area contributed by atoms with Crippen LogP contribution in [-0.2, 0) is 0 Å². The molecule has 7 nitrogen and oxygen atoms in total. The standard InChI is InChI=1S/C17H15N7S/c1-10-14(18)21-17(22-15(10)19)24-12-7-3-2-6-11(12)16(23-24)25-13-8-4-5-9-20-13/h2-9H,1H3,(H4,18,19,21,22). The Hall–Kier alpha value is -3.13. The molecular formula is C17H15N7S. The summed E-state index contributed by atoms with van der Waals surface area (Å²) < 4.78 is 1.66. The van der Waals surface area contributed by atoms with Crippen molar-refractivity contribution in [2.24, 2.45) is 0 Å². The average Bonchev–Trinajstić information content (AvgIpc) is 2.99. The normalized spacial score (nSPS) is 11.1. The van der Waals surface area contributed by atoms with Crippen molar-refractivity contribution in [3.05, 3.63) is 54.2 Å². The van der Waals surface area contributed by atoms with Gasteiger partial charge in [0.2, 0.25) is 0 Å². The molecule has 4 N–H and O–H groups in total. The van der Waals surface area contributed by atoms with Crippen LogP contribution in [0.5, 0.6) is 0 Å². The second-order valence-corrected chi connectivity index (χ2v) is 6.43. The summed E-state index contributed by atoms with van der Waals surface area (Å²) in [6.07, 6.45) is 1.76. The first-order valence-corrected chi connectivity index (χ1v) is 8.42. The van der Waals surface area contributed by atoms with Crippen molar-refractivity contribution in [2.75, 3.05) is 11.5 Å². The largest absolute Gasteiger partial charge is 0.383 e. The predicted octanol–water partition coefficient (Wildman–Crippen LogP) is 2.83. The second kappa shape index (κ2) is 6.06. The van der Waals surface area contributed by atoms with E-state index in [-0.39, 0.29) is 0 Å². The molecule has 124 valence electrons. The van der Waals surface area contributed by atoms with Crippen LogP contribution in [-0.4, -0.2) is 24.7 Å². The molecule has 0 aliphatic heterocycles. The number of aromatic nitrogens is 5. The van der Waals surface area contributed by atoms with Crippen LogP contribution in [0.15, 0.2) is 58.7 Å². The molecule has 1 aromatic carbocycles. The molecule has 0 aliphatic carbocycles. The summed E-state index contributed by atoms with van der Waals surface area (Å²) in [6, 6.07) is 13.6. The van der Waals surface area contributed by atoms with Crippen LogP contribution in [0, 0.1) is 6.92 Å². The van der Waals surface area contributed by atoms with Crippen molar-refractivity contribution < 1.29 is 0 Å². The van der Waals surface area contributed by atoms with Gasteiger partial charge in [-0.15, -0.1) is 0 Å². The van der Waals surface area contributed by atoms with E-state index < -0.39 is 0 Å². The Morgan fingerprint density at radius 1 is 0.960 bits per heavy atom. The lowest BCUT2D eigenvalue weighted by Crippen LogP contribution is -2.09. The van der Waals surface area contributed by atoms with Gasteiger partial charge in [-0.05, 0) is 36.9 Å². The van der Waals surface area contributed by atoms with Gasteiger partial charge in [0, 0.05) is 17.1 Å². The number of rotatable bonds is 3. The highest BCUT2D eigenvalue weighted by molar-refractivity contribution is 7.99. The van der Waals surface area contributed by atoms with Crippen molar-refractivity contribution in [3.63, 3.8) is 0 Å². The lowest BCUT2D eigenvalue weighted by molar-refractivity contribution is 0.801. The number of anilines is 2. The molecule has 4 aromatic rings. The molecule has 4 rings (SSSR count). The van der Waals surface area contributed by atoms with Gasteiger partial charge in [0.1, 0.15) is 21.7 Å². The summed E-state index contributed by atoms with van der Waals surface area (Å²) in [5.41, 5.74) is 13.4. The molecule has 8 heteroatoms. The van der Waals surface area contributed by atoms with E-state index >= 15 is 0 Å². The highest BCUT2D eigenvalue weighted by Crippen LogP contribution is 2.32. The molecule has 0 amide bonds. The smallest absolute Gasteiger partial charge is 0.255 e. The number of nitrogens with two attached hydrogens (primary N) is 2. The van der Waals surface area contributed by atoms with Crippen LogP contribution >= 0.6 is 11.8 Å². The van der Waals surface area contributed by atoms with Crippen molar-refractivity contribution in [1.82, 2.24) is 24.7 Å². The molecule has 0 bridgehead atoms. The van der Waals surface area contributed by atoms with Gasteiger partial charge in [-0.3, -0.25) is 0 Å². The van der Waals surface area contributed by atoms with Crippen LogP contribution < -0.4 is 11.5 Å². The van der Waals surface area contributed by atoms with Gasteiger partial charge in [-0.2, -0.15) is 19.7 Å². The van der Waals surface area contributed by atoms with Crippen molar-refractivity contribution in [3.8, 4) is 5.95 Å². The molecule has 25 heavy (non-hydrogen) atoms. The zero-order valence-electron chi connectivity index (χ0n) is 13.4. The van der Waals surface area contributed by atoms with E-state index in [0.29, 0.717) is 23.1 Å². The predicted molar refractivity (Wildman–Crippen MR) is 98.6 cm³/mol. The van der Waals surface area contributed by atoms with E-state index in [1.165, 1.54) is 11.8 Å². The number of para-hydroxylation sites is 1. The Bertz CT molecular complexity index is 1040. The zero-order chi connectivity index (χ0) is 17.4. The molecule has 0 atom stereocenters. The third kappa shape index (κ3) is 2.76. The molecule has 0 saturated carbocycles. The van der Waals surface area contributed by atoms with Gasteiger partial charge < -0.3 is 11.5 Å². The lowest BCUT2D eigenvalue weighted by atomic mass is 10.2. The van der Waals surface area contributed by atoms with Gasteiger partial charge >= 0.3 is 0 Å². The first-order valence-electron chi connectivity index (χ1n) is 7.60. The van der Waals surface area contributed by atoms with Gasteiger partial charge in [-0.25, -0.2) is 4.98 Å². The van der Waals surface area contributed by atoms with E-state index in [9.17, 15) is 0 Å². The number of hydrogen-bond donors (Lipinski definition) is 2. The van der Waals surface area contributed by atoms with Gasteiger partial charge in [0.25, 0.3) is 5.95 Å². The molecule has 0 radical (unpaired) electrons. The van der Waals surface area contributed by atoms with E-state index in [4.69, 9.17) is 11.5 Å². The van der Waals surface area contributed by atoms with Crippen LogP contribution in [0.3, 0.4) is 0 Å². The number of nitrogens with zero attached hydrogens (tertiary/aromatic N) is 5. The van der Waals surface area contributed by atoms with Crippen molar-refractivity contribution in [2.45, 2.75) is 17.0 Å². The summed E-state index contributed by atoms with van der Waals surface area (Å²) in [5.74, 6) is 1.05. The summed E-state index contributed by atoms with van der Waals surface area (Å²) in [7, 11) is 0. The first-order chi connectivity index (χ1) is 12.1. The Kier molecular flexibility index (Phi) is 3.73. The Morgan fingerprint density at radius 2 is 1.68 bits per heavy atom. The maximum absolute atomic E-state index is 5.95. The SMILES string of the molecule is Cc1c(N)nc(-n2nc(Sc3ccccn3)c3ccccc32)nc1N. The fourth-order valence-electron chi connectivity index (χ4n) is 2.41. The molecule has 0 fully saturated rings. The van der Waals surface area contributed by atoms with Crippen molar-refractivity contribution in [1.29, 1.82) is 0 Å². The number of hydrogen-bond acceptors (Lipinski definition) is 7. The number of pyridine rings is 1. The summed E-state index contributed by atoms with van der Waals surface area (Å²) in [5, 5.41) is 7.33. The molecule has 3 aromatic heterocycles. The maximum atomic E-state index is 5.95. The summed E-state index contributed by atoms with van der Waals surface area (Å²) in [6.45, 7) is 1.79. The zero-order valence-corrected chi connectivity index (χ0v) is 14.2. The van der Waals surface area contributed by atoms with Crippen LogP contribution in [0.2, 0.25) is 0 Å². The summed E-state index contributed by atoms with van der Waals surface area (Å²) >= 11 is 1.48. The average molecular weight is 349 g/mol. The topological polar surface area (TPSA) is 109 Å². The van der Waals surface area contributed by atoms with Gasteiger partial charge in [-0.1, -0.05) is 24.3 Å². The molecule has 0 unspecified atom stereocenters. The first kappa shape index (κ1) is 15.4. The minimum absolute atomic E-state index is 0.348. The quantitative estimate of drug-likeness (QED) is 0.585. The highest BCUT2D eigenvalue weighted by atomic mass is 32.2. The molecule has 3 heterocycles. The van der Waals surface area contributed by atoms with E-state index in [2.05, 4.69) is 20.1 Å². The fourth-order valence-corrected chi connectivity index (χ4v) is 3.27. The van der Waals surface area contributed by atoms with E-state index in [1.807, 2.05) is 42.5 Å². The third-order valence-corrected chi connectivity index (χ3v) is 4.74. The Balaban J connectivity index is 1.88. The van der Waals surface area contributed by atoms with Crippen LogP contribution in [0.4, 0.5) is 11.6 Å². The molecular weight excluding hydrogens is 334 g/mol. The molecule has 0 saturated heterocycles. The number of nitrogen functional groups attached to an aromatic ring is 2. The monoisotopic (exact) mass is 349 g/mol. The van der Waals surface area contributed by atoms with E-state index in [0.717, 1.165) is 21.0 Å². The van der Waals surface area contributed by atoms with Gasteiger partial charge in [0.05, 0.1) is 5.52 Å². The molecule has 0 spiro atoms. The second-order valence-electron chi connectivity index (χ2n) is 5.42. The minimum atomic E-state index is 0.348. The lowest BCUT2D eigenvalue weighted by Gasteiger charge is -2.07. The van der Waals surface area contributed by atoms with Crippen LogP contribution in [0.1, 0.15) is 5.56 Å². The summed E-state index contributed by atoms with van der Waals surface area (Å²) in [4.78, 5) is 13.0. The molecule has 0 aliphatic rings. The third-order valence-electron chi connectivity index (χ3n) is 3.79. The maximum Gasteiger partial charge on any atom is 0.255 e. The van der Waals surface area contributed by atoms with Crippen molar-refractivity contribution >= 4 is 34.3 Å². The van der Waals surface area contributed by atoms with Crippen LogP contribution in [0.25, 0.3) is 16.9 Å². The Labute approximate surface area is 148 Å².